The number of piperidine rings is 1. The van der Waals surface area contributed by atoms with Gasteiger partial charge >= 0.3 is 0 Å². The van der Waals surface area contributed by atoms with Crippen molar-refractivity contribution in [3.63, 3.8) is 0 Å². The fraction of sp³-hybridized carbons (Fsp3) is 0.500. The third-order valence-electron chi connectivity index (χ3n) is 4.39. The molecule has 2 aliphatic heterocycles. The molecule has 21 heavy (non-hydrogen) atoms. The molecule has 2 aliphatic rings. The maximum atomic E-state index is 12.6. The van der Waals surface area contributed by atoms with Gasteiger partial charge in [-0.05, 0) is 30.2 Å². The highest BCUT2D eigenvalue weighted by molar-refractivity contribution is 5.96. The molecular weight excluding hydrogens is 268 g/mol. The van der Waals surface area contributed by atoms with Crippen LogP contribution in [0.15, 0.2) is 23.4 Å². The van der Waals surface area contributed by atoms with Crippen molar-refractivity contribution < 1.29 is 14.7 Å². The molecule has 112 valence electrons. The van der Waals surface area contributed by atoms with E-state index in [0.29, 0.717) is 26.1 Å². The summed E-state index contributed by atoms with van der Waals surface area (Å²) in [5, 5.41) is 12.4. The summed E-state index contributed by atoms with van der Waals surface area (Å²) in [5.74, 6) is 1.11. The second-order valence-electron chi connectivity index (χ2n) is 5.62. The minimum Gasteiger partial charge on any atom is -0.493 e. The quantitative estimate of drug-likeness (QED) is 0.671. The van der Waals surface area contributed by atoms with E-state index in [-0.39, 0.29) is 11.8 Å². The number of nitrogens with zero attached hydrogens (tertiary/aromatic N) is 2. The summed E-state index contributed by atoms with van der Waals surface area (Å²) in [5.41, 5.74) is 2.64. The van der Waals surface area contributed by atoms with Gasteiger partial charge in [0.1, 0.15) is 5.75 Å². The molecule has 5 nitrogen and oxygen atoms in total. The fourth-order valence-corrected chi connectivity index (χ4v) is 3.10. The second kappa shape index (κ2) is 5.76. The van der Waals surface area contributed by atoms with Crippen molar-refractivity contribution in [2.24, 2.45) is 11.1 Å². The Kier molecular flexibility index (Phi) is 3.82. The van der Waals surface area contributed by atoms with Crippen LogP contribution in [-0.2, 0) is 6.42 Å². The number of likely N-dealkylation sites (tertiary alicyclic amines) is 1. The predicted molar refractivity (Wildman–Crippen MR) is 79.2 cm³/mol. The van der Waals surface area contributed by atoms with E-state index in [1.165, 1.54) is 0 Å². The van der Waals surface area contributed by atoms with E-state index >= 15 is 0 Å². The van der Waals surface area contributed by atoms with E-state index in [4.69, 9.17) is 9.94 Å². The SMILES string of the molecule is CCC1CN(C(=O)c2ccc3c(c2)CCO3)CC/C1=N\O. The van der Waals surface area contributed by atoms with Crippen LogP contribution >= 0.6 is 0 Å². The van der Waals surface area contributed by atoms with Crippen LogP contribution in [0.25, 0.3) is 0 Å². The molecule has 1 aromatic rings. The second-order valence-corrected chi connectivity index (χ2v) is 5.62. The number of ether oxygens (including phenoxy) is 1. The average Bonchev–Trinajstić information content (AvgIpc) is 3.00. The Balaban J connectivity index is 1.76. The highest BCUT2D eigenvalue weighted by Crippen LogP contribution is 2.27. The van der Waals surface area contributed by atoms with Crippen LogP contribution in [0.1, 0.15) is 35.7 Å². The first-order valence-corrected chi connectivity index (χ1v) is 7.48. The van der Waals surface area contributed by atoms with Crippen molar-refractivity contribution in [2.45, 2.75) is 26.2 Å². The first-order valence-electron chi connectivity index (χ1n) is 7.48. The lowest BCUT2D eigenvalue weighted by Gasteiger charge is -2.33. The normalized spacial score (nSPS) is 23.0. The van der Waals surface area contributed by atoms with Gasteiger partial charge in [0.2, 0.25) is 0 Å². The maximum absolute atomic E-state index is 12.6. The molecule has 0 bridgehead atoms. The summed E-state index contributed by atoms with van der Waals surface area (Å²) < 4.78 is 5.47. The molecule has 0 saturated carbocycles. The van der Waals surface area contributed by atoms with E-state index in [9.17, 15) is 4.79 Å². The van der Waals surface area contributed by atoms with Crippen LogP contribution in [0.2, 0.25) is 0 Å². The van der Waals surface area contributed by atoms with Crippen molar-refractivity contribution in [2.75, 3.05) is 19.7 Å². The summed E-state index contributed by atoms with van der Waals surface area (Å²) in [6, 6.07) is 5.67. The largest absolute Gasteiger partial charge is 0.493 e. The van der Waals surface area contributed by atoms with Gasteiger partial charge in [-0.3, -0.25) is 4.79 Å². The first kappa shape index (κ1) is 13.9. The number of hydrogen-bond acceptors (Lipinski definition) is 4. The molecule has 1 aromatic carbocycles. The molecule has 5 heteroatoms. The van der Waals surface area contributed by atoms with E-state index in [1.807, 2.05) is 23.1 Å². The molecular formula is C16H20N2O3. The third-order valence-corrected chi connectivity index (χ3v) is 4.39. The van der Waals surface area contributed by atoms with Crippen LogP contribution < -0.4 is 4.74 Å². The van der Waals surface area contributed by atoms with Crippen molar-refractivity contribution in [1.29, 1.82) is 0 Å². The Hall–Kier alpha value is -2.04. The van der Waals surface area contributed by atoms with Crippen LogP contribution in [0.5, 0.6) is 5.75 Å². The van der Waals surface area contributed by atoms with E-state index < -0.39 is 0 Å². The number of oxime groups is 1. The Morgan fingerprint density at radius 2 is 2.33 bits per heavy atom. The van der Waals surface area contributed by atoms with E-state index in [0.717, 1.165) is 35.4 Å². The van der Waals surface area contributed by atoms with Crippen LogP contribution in [-0.4, -0.2) is 41.4 Å². The Bertz CT molecular complexity index is 583. The molecule has 1 fully saturated rings. The summed E-state index contributed by atoms with van der Waals surface area (Å²) >= 11 is 0. The van der Waals surface area contributed by atoms with Gasteiger partial charge in [0, 0.05) is 37.4 Å². The Morgan fingerprint density at radius 1 is 1.48 bits per heavy atom. The number of benzene rings is 1. The number of carbonyl (C=O) groups excluding carboxylic acids is 1. The minimum atomic E-state index is 0.0557. The molecule has 1 unspecified atom stereocenters. The molecule has 3 rings (SSSR count). The molecule has 0 aliphatic carbocycles. The van der Waals surface area contributed by atoms with Gasteiger partial charge in [-0.1, -0.05) is 12.1 Å². The van der Waals surface area contributed by atoms with Gasteiger partial charge in [-0.15, -0.1) is 0 Å². The summed E-state index contributed by atoms with van der Waals surface area (Å²) in [6.07, 6.45) is 2.39. The fourth-order valence-electron chi connectivity index (χ4n) is 3.10. The topological polar surface area (TPSA) is 62.1 Å². The number of rotatable bonds is 2. The van der Waals surface area contributed by atoms with Gasteiger partial charge in [0.05, 0.1) is 12.3 Å². The van der Waals surface area contributed by atoms with Gasteiger partial charge in [-0.2, -0.15) is 0 Å². The molecule has 0 aromatic heterocycles. The number of hydrogen-bond donors (Lipinski definition) is 1. The number of carbonyl (C=O) groups is 1. The van der Waals surface area contributed by atoms with Crippen LogP contribution in [0, 0.1) is 5.92 Å². The van der Waals surface area contributed by atoms with Crippen LogP contribution in [0.4, 0.5) is 0 Å². The Labute approximate surface area is 124 Å². The zero-order valence-electron chi connectivity index (χ0n) is 12.2. The van der Waals surface area contributed by atoms with E-state index in [2.05, 4.69) is 12.1 Å². The molecule has 1 N–H and O–H groups in total. The smallest absolute Gasteiger partial charge is 0.253 e. The standard InChI is InChI=1S/C16H20N2O3/c1-2-11-10-18(7-5-14(11)17-20)16(19)13-3-4-15-12(9-13)6-8-21-15/h3-4,9,11,20H,2,5-8,10H2,1H3/b17-14+. The van der Waals surface area contributed by atoms with Crippen molar-refractivity contribution in [3.05, 3.63) is 29.3 Å². The summed E-state index contributed by atoms with van der Waals surface area (Å²) in [6.45, 7) is 3.99. The Morgan fingerprint density at radius 3 is 3.10 bits per heavy atom. The zero-order chi connectivity index (χ0) is 14.8. The van der Waals surface area contributed by atoms with Gasteiger partial charge < -0.3 is 14.8 Å². The van der Waals surface area contributed by atoms with Gasteiger partial charge in [0.15, 0.2) is 0 Å². The van der Waals surface area contributed by atoms with E-state index in [1.54, 1.807) is 0 Å². The lowest BCUT2D eigenvalue weighted by molar-refractivity contribution is 0.0729. The molecule has 0 radical (unpaired) electrons. The lowest BCUT2D eigenvalue weighted by atomic mass is 9.92. The number of amides is 1. The van der Waals surface area contributed by atoms with Crippen molar-refractivity contribution in [3.8, 4) is 5.75 Å². The first-order chi connectivity index (χ1) is 10.2. The maximum Gasteiger partial charge on any atom is 0.253 e. The molecule has 2 heterocycles. The van der Waals surface area contributed by atoms with Crippen molar-refractivity contribution >= 4 is 11.6 Å². The molecule has 1 amide bonds. The minimum absolute atomic E-state index is 0.0557. The summed E-state index contributed by atoms with van der Waals surface area (Å²) in [4.78, 5) is 14.5. The van der Waals surface area contributed by atoms with Crippen LogP contribution in [0.3, 0.4) is 0 Å². The summed E-state index contributed by atoms with van der Waals surface area (Å²) in [7, 11) is 0. The highest BCUT2D eigenvalue weighted by atomic mass is 16.5. The third kappa shape index (κ3) is 2.60. The molecule has 1 saturated heterocycles. The van der Waals surface area contributed by atoms with Gasteiger partial charge in [-0.25, -0.2) is 0 Å². The highest BCUT2D eigenvalue weighted by Gasteiger charge is 2.28. The zero-order valence-corrected chi connectivity index (χ0v) is 12.2. The van der Waals surface area contributed by atoms with Crippen molar-refractivity contribution in [1.82, 2.24) is 4.90 Å². The predicted octanol–water partition coefficient (Wildman–Crippen LogP) is 2.32. The average molecular weight is 288 g/mol. The molecule has 0 spiro atoms. The number of fused-ring (bicyclic) bond motifs is 1. The molecule has 1 atom stereocenters. The monoisotopic (exact) mass is 288 g/mol. The van der Waals surface area contributed by atoms with Gasteiger partial charge in [0.25, 0.3) is 5.91 Å². The lowest BCUT2D eigenvalue weighted by Crippen LogP contribution is -2.44.